The van der Waals surface area contributed by atoms with Gasteiger partial charge < -0.3 is 10.1 Å². The first-order valence-electron chi connectivity index (χ1n) is 10.2. The monoisotopic (exact) mass is 464 g/mol. The second-order valence-electron chi connectivity index (χ2n) is 7.21. The topological polar surface area (TPSA) is 102 Å². The number of rotatable bonds is 9. The molecule has 0 unspecified atom stereocenters. The molecule has 0 aromatic heterocycles. The summed E-state index contributed by atoms with van der Waals surface area (Å²) in [5, 5.41) is 3.83. The predicted molar refractivity (Wildman–Crippen MR) is 128 cm³/mol. The van der Waals surface area contributed by atoms with Crippen LogP contribution in [0.25, 0.3) is 6.08 Å². The fourth-order valence-corrected chi connectivity index (χ4v) is 3.80. The fraction of sp³-hybridized carbons (Fsp3) is 0.120. The standard InChI is InChI=1S/C25H24N2O5S/c1-19(21-10-6-3-7-11-21)26-24(28)18-32-25(29)22-12-14-23(15-13-22)27-33(30,31)17-16-20-8-4-2-5-9-20/h2-17,19,27H,18H2,1H3,(H,26,28)/b17-16+/t19-/m0/s1. The molecule has 0 aliphatic carbocycles. The van der Waals surface area contributed by atoms with Crippen LogP contribution in [0.2, 0.25) is 0 Å². The van der Waals surface area contributed by atoms with Gasteiger partial charge in [0.15, 0.2) is 6.61 Å². The van der Waals surface area contributed by atoms with Crippen molar-refractivity contribution in [3.8, 4) is 0 Å². The number of anilines is 1. The molecule has 0 radical (unpaired) electrons. The van der Waals surface area contributed by atoms with Crippen molar-refractivity contribution in [2.45, 2.75) is 13.0 Å². The van der Waals surface area contributed by atoms with E-state index in [2.05, 4.69) is 10.0 Å². The zero-order valence-electron chi connectivity index (χ0n) is 18.0. The Kier molecular flexibility index (Phi) is 7.99. The Hall–Kier alpha value is -3.91. The second kappa shape index (κ2) is 11.1. The van der Waals surface area contributed by atoms with E-state index in [0.717, 1.165) is 16.5 Å². The highest BCUT2D eigenvalue weighted by Gasteiger charge is 2.14. The maximum Gasteiger partial charge on any atom is 0.338 e. The fourth-order valence-electron chi connectivity index (χ4n) is 2.93. The summed E-state index contributed by atoms with van der Waals surface area (Å²) in [5.41, 5.74) is 2.18. The van der Waals surface area contributed by atoms with Gasteiger partial charge in [-0.05, 0) is 48.4 Å². The van der Waals surface area contributed by atoms with Crippen molar-refractivity contribution in [1.82, 2.24) is 5.32 Å². The summed E-state index contributed by atoms with van der Waals surface area (Å²) in [4.78, 5) is 24.3. The number of hydrogen-bond acceptors (Lipinski definition) is 5. The first kappa shape index (κ1) is 23.7. The van der Waals surface area contributed by atoms with Gasteiger partial charge in [-0.2, -0.15) is 0 Å². The number of esters is 1. The van der Waals surface area contributed by atoms with Gasteiger partial charge in [-0.1, -0.05) is 60.7 Å². The molecule has 0 saturated heterocycles. The van der Waals surface area contributed by atoms with Crippen molar-refractivity contribution in [3.63, 3.8) is 0 Å². The molecule has 0 fully saturated rings. The van der Waals surface area contributed by atoms with Crippen LogP contribution in [-0.2, 0) is 19.6 Å². The van der Waals surface area contributed by atoms with Gasteiger partial charge in [0.05, 0.1) is 17.0 Å². The minimum Gasteiger partial charge on any atom is -0.452 e. The summed E-state index contributed by atoms with van der Waals surface area (Å²) in [6, 6.07) is 24.0. The van der Waals surface area contributed by atoms with Crippen LogP contribution in [-0.4, -0.2) is 26.9 Å². The van der Waals surface area contributed by atoms with Crippen LogP contribution in [0.5, 0.6) is 0 Å². The van der Waals surface area contributed by atoms with Crippen molar-refractivity contribution in [3.05, 3.63) is 107 Å². The lowest BCUT2D eigenvalue weighted by Gasteiger charge is -2.14. The first-order chi connectivity index (χ1) is 15.8. The molecule has 1 amide bonds. The van der Waals surface area contributed by atoms with E-state index in [9.17, 15) is 18.0 Å². The van der Waals surface area contributed by atoms with Gasteiger partial charge in [0.1, 0.15) is 0 Å². The van der Waals surface area contributed by atoms with Crippen molar-refractivity contribution < 1.29 is 22.7 Å². The average Bonchev–Trinajstić information content (AvgIpc) is 2.83. The van der Waals surface area contributed by atoms with Gasteiger partial charge in [0, 0.05) is 5.69 Å². The molecule has 3 aromatic rings. The molecular weight excluding hydrogens is 440 g/mol. The number of amides is 1. The molecule has 1 atom stereocenters. The molecule has 0 aliphatic heterocycles. The highest BCUT2D eigenvalue weighted by molar-refractivity contribution is 7.95. The van der Waals surface area contributed by atoms with Gasteiger partial charge in [0.25, 0.3) is 15.9 Å². The number of sulfonamides is 1. The number of carbonyl (C=O) groups excluding carboxylic acids is 2. The number of hydrogen-bond donors (Lipinski definition) is 2. The lowest BCUT2D eigenvalue weighted by molar-refractivity contribution is -0.124. The Morgan fingerprint density at radius 3 is 2.15 bits per heavy atom. The van der Waals surface area contributed by atoms with Crippen LogP contribution in [0.3, 0.4) is 0 Å². The molecule has 8 heteroatoms. The zero-order valence-corrected chi connectivity index (χ0v) is 18.8. The maximum atomic E-state index is 12.2. The predicted octanol–water partition coefficient (Wildman–Crippen LogP) is 4.13. The Bertz CT molecular complexity index is 1210. The van der Waals surface area contributed by atoms with Crippen molar-refractivity contribution >= 4 is 33.7 Å². The van der Waals surface area contributed by atoms with Gasteiger partial charge in [0.2, 0.25) is 0 Å². The van der Waals surface area contributed by atoms with Crippen LogP contribution in [0.1, 0.15) is 34.5 Å². The van der Waals surface area contributed by atoms with E-state index in [1.807, 2.05) is 55.5 Å². The van der Waals surface area contributed by atoms with Gasteiger partial charge in [-0.25, -0.2) is 13.2 Å². The smallest absolute Gasteiger partial charge is 0.338 e. The van der Waals surface area contributed by atoms with E-state index >= 15 is 0 Å². The molecule has 0 saturated carbocycles. The Labute approximate surface area is 193 Å². The van der Waals surface area contributed by atoms with E-state index in [0.29, 0.717) is 5.69 Å². The zero-order chi connectivity index (χ0) is 23.7. The molecule has 3 aromatic carbocycles. The highest BCUT2D eigenvalue weighted by Crippen LogP contribution is 2.14. The Morgan fingerprint density at radius 2 is 1.52 bits per heavy atom. The highest BCUT2D eigenvalue weighted by atomic mass is 32.2. The minimum absolute atomic E-state index is 0.196. The van der Waals surface area contributed by atoms with Gasteiger partial charge in [-0.15, -0.1) is 0 Å². The minimum atomic E-state index is -3.72. The molecule has 2 N–H and O–H groups in total. The summed E-state index contributed by atoms with van der Waals surface area (Å²) in [5.74, 6) is -1.11. The summed E-state index contributed by atoms with van der Waals surface area (Å²) in [6.45, 7) is 1.42. The largest absolute Gasteiger partial charge is 0.452 e. The van der Waals surface area contributed by atoms with Gasteiger partial charge >= 0.3 is 5.97 Å². The van der Waals surface area contributed by atoms with Crippen LogP contribution in [0.4, 0.5) is 5.69 Å². The van der Waals surface area contributed by atoms with Crippen molar-refractivity contribution in [2.75, 3.05) is 11.3 Å². The lowest BCUT2D eigenvalue weighted by Crippen LogP contribution is -2.31. The first-order valence-corrected chi connectivity index (χ1v) is 11.7. The third kappa shape index (κ3) is 7.62. The molecule has 0 spiro atoms. The van der Waals surface area contributed by atoms with E-state index in [4.69, 9.17) is 4.74 Å². The second-order valence-corrected chi connectivity index (χ2v) is 8.78. The maximum absolute atomic E-state index is 12.2. The summed E-state index contributed by atoms with van der Waals surface area (Å²) >= 11 is 0. The third-order valence-corrected chi connectivity index (χ3v) is 5.65. The van der Waals surface area contributed by atoms with Crippen molar-refractivity contribution in [2.24, 2.45) is 0 Å². The van der Waals surface area contributed by atoms with Crippen molar-refractivity contribution in [1.29, 1.82) is 0 Å². The molecule has 0 bridgehead atoms. The number of nitrogens with one attached hydrogen (secondary N) is 2. The lowest BCUT2D eigenvalue weighted by atomic mass is 10.1. The quantitative estimate of drug-likeness (QED) is 0.464. The number of ether oxygens (including phenoxy) is 1. The Balaban J connectivity index is 1.50. The number of benzene rings is 3. The molecule has 3 rings (SSSR count). The Morgan fingerprint density at radius 1 is 0.909 bits per heavy atom. The van der Waals surface area contributed by atoms with Crippen LogP contribution in [0.15, 0.2) is 90.3 Å². The summed E-state index contributed by atoms with van der Waals surface area (Å²) in [6.07, 6.45) is 1.48. The van der Waals surface area contributed by atoms with Gasteiger partial charge in [-0.3, -0.25) is 9.52 Å². The van der Waals surface area contributed by atoms with E-state index in [1.165, 1.54) is 30.3 Å². The SMILES string of the molecule is C[C@H](NC(=O)COC(=O)c1ccc(NS(=O)(=O)/C=C/c2ccccc2)cc1)c1ccccc1. The summed E-state index contributed by atoms with van der Waals surface area (Å²) in [7, 11) is -3.72. The van der Waals surface area contributed by atoms with E-state index < -0.39 is 28.5 Å². The van der Waals surface area contributed by atoms with Crippen LogP contribution in [0, 0.1) is 0 Å². The van der Waals surface area contributed by atoms with E-state index in [1.54, 1.807) is 12.1 Å². The summed E-state index contributed by atoms with van der Waals surface area (Å²) < 4.78 is 31.9. The van der Waals surface area contributed by atoms with E-state index in [-0.39, 0.29) is 11.6 Å². The molecule has 170 valence electrons. The number of carbonyl (C=O) groups is 2. The molecule has 0 heterocycles. The molecular formula is C25H24N2O5S. The normalized spacial score (nSPS) is 12.2. The average molecular weight is 465 g/mol. The molecule has 7 nitrogen and oxygen atoms in total. The van der Waals surface area contributed by atoms with Crippen LogP contribution < -0.4 is 10.0 Å². The molecule has 0 aliphatic rings. The van der Waals surface area contributed by atoms with Crippen LogP contribution >= 0.6 is 0 Å². The third-order valence-electron chi connectivity index (χ3n) is 4.63. The molecule has 33 heavy (non-hydrogen) atoms.